The van der Waals surface area contributed by atoms with Gasteiger partial charge in [0.25, 0.3) is 0 Å². The SMILES string of the molecule is CC(=N)NCC12CC3CC(CC(C3)C1)C2. The average Bonchev–Trinajstić information content (AvgIpc) is 2.12. The summed E-state index contributed by atoms with van der Waals surface area (Å²) in [7, 11) is 0. The van der Waals surface area contributed by atoms with E-state index in [1.54, 1.807) is 0 Å². The highest BCUT2D eigenvalue weighted by atomic mass is 14.9. The molecule has 0 aromatic carbocycles. The Morgan fingerprint density at radius 2 is 1.60 bits per heavy atom. The third-order valence-corrected chi connectivity index (χ3v) is 4.89. The summed E-state index contributed by atoms with van der Waals surface area (Å²) in [5, 5.41) is 10.8. The van der Waals surface area contributed by atoms with E-state index in [0.717, 1.165) is 24.3 Å². The molecule has 0 amide bonds. The minimum Gasteiger partial charge on any atom is -0.374 e. The van der Waals surface area contributed by atoms with E-state index in [1.807, 2.05) is 6.92 Å². The summed E-state index contributed by atoms with van der Waals surface area (Å²) in [5.41, 5.74) is 0.580. The van der Waals surface area contributed by atoms with E-state index in [2.05, 4.69) is 5.32 Å². The highest BCUT2D eigenvalue weighted by Crippen LogP contribution is 2.59. The quantitative estimate of drug-likeness (QED) is 0.529. The molecule has 4 fully saturated rings. The van der Waals surface area contributed by atoms with Crippen LogP contribution in [0.2, 0.25) is 0 Å². The van der Waals surface area contributed by atoms with Crippen molar-refractivity contribution < 1.29 is 0 Å². The molecule has 2 N–H and O–H groups in total. The van der Waals surface area contributed by atoms with Crippen molar-refractivity contribution in [3.05, 3.63) is 0 Å². The van der Waals surface area contributed by atoms with Crippen molar-refractivity contribution in [3.8, 4) is 0 Å². The van der Waals surface area contributed by atoms with Crippen LogP contribution < -0.4 is 5.32 Å². The van der Waals surface area contributed by atoms with E-state index in [-0.39, 0.29) is 0 Å². The van der Waals surface area contributed by atoms with Crippen LogP contribution in [0.3, 0.4) is 0 Å². The van der Waals surface area contributed by atoms with Crippen LogP contribution in [0, 0.1) is 28.6 Å². The van der Waals surface area contributed by atoms with Gasteiger partial charge in [0.2, 0.25) is 0 Å². The van der Waals surface area contributed by atoms with Crippen LogP contribution in [0.15, 0.2) is 0 Å². The Hall–Kier alpha value is -0.530. The Kier molecular flexibility index (Phi) is 2.08. The normalized spacial score (nSPS) is 46.9. The van der Waals surface area contributed by atoms with E-state index < -0.39 is 0 Å². The molecule has 2 nitrogen and oxygen atoms in total. The predicted molar refractivity (Wildman–Crippen MR) is 62.0 cm³/mol. The van der Waals surface area contributed by atoms with Gasteiger partial charge in [-0.1, -0.05) is 0 Å². The van der Waals surface area contributed by atoms with Crippen molar-refractivity contribution in [1.82, 2.24) is 5.32 Å². The number of amidine groups is 1. The molecular weight excluding hydrogens is 184 g/mol. The maximum Gasteiger partial charge on any atom is 0.0899 e. The number of hydrogen-bond acceptors (Lipinski definition) is 1. The number of rotatable bonds is 2. The van der Waals surface area contributed by atoms with Gasteiger partial charge in [0.15, 0.2) is 0 Å². The lowest BCUT2D eigenvalue weighted by atomic mass is 9.49. The fourth-order valence-electron chi connectivity index (χ4n) is 4.83. The predicted octanol–water partition coefficient (Wildman–Crippen LogP) is 2.79. The molecule has 0 atom stereocenters. The lowest BCUT2D eigenvalue weighted by Crippen LogP contribution is -2.50. The molecule has 0 unspecified atom stereocenters. The van der Waals surface area contributed by atoms with Gasteiger partial charge in [-0.2, -0.15) is 0 Å². The van der Waals surface area contributed by atoms with Gasteiger partial charge in [0, 0.05) is 6.54 Å². The van der Waals surface area contributed by atoms with Gasteiger partial charge in [-0.3, -0.25) is 5.41 Å². The smallest absolute Gasteiger partial charge is 0.0899 e. The highest BCUT2D eigenvalue weighted by molar-refractivity contribution is 5.75. The molecule has 0 aromatic heterocycles. The molecule has 4 aliphatic carbocycles. The fourth-order valence-corrected chi connectivity index (χ4v) is 4.83. The molecular formula is C13H22N2. The molecule has 84 valence electrons. The molecule has 0 spiro atoms. The van der Waals surface area contributed by atoms with Gasteiger partial charge in [-0.05, 0) is 68.6 Å². The molecule has 2 heteroatoms. The Labute approximate surface area is 92.3 Å². The highest BCUT2D eigenvalue weighted by Gasteiger charge is 2.50. The minimum absolute atomic E-state index is 0.580. The van der Waals surface area contributed by atoms with Crippen LogP contribution in [0.5, 0.6) is 0 Å². The van der Waals surface area contributed by atoms with Gasteiger partial charge in [0.1, 0.15) is 0 Å². The lowest BCUT2D eigenvalue weighted by Gasteiger charge is -2.57. The van der Waals surface area contributed by atoms with Gasteiger partial charge < -0.3 is 5.32 Å². The standard InChI is InChI=1S/C13H22N2/c1-9(14)15-8-13-5-10-2-11(6-13)4-12(3-10)7-13/h10-12H,2-8H2,1H3,(H2,14,15). The monoisotopic (exact) mass is 206 g/mol. The van der Waals surface area contributed by atoms with Crippen molar-refractivity contribution in [3.63, 3.8) is 0 Å². The third-order valence-electron chi connectivity index (χ3n) is 4.89. The van der Waals surface area contributed by atoms with Crippen LogP contribution >= 0.6 is 0 Å². The summed E-state index contributed by atoms with van der Waals surface area (Å²) < 4.78 is 0. The summed E-state index contributed by atoms with van der Waals surface area (Å²) in [6.07, 6.45) is 8.88. The van der Waals surface area contributed by atoms with E-state index in [4.69, 9.17) is 5.41 Å². The molecule has 0 saturated heterocycles. The van der Waals surface area contributed by atoms with Crippen LogP contribution in [0.4, 0.5) is 0 Å². The van der Waals surface area contributed by atoms with Crippen molar-refractivity contribution in [1.29, 1.82) is 5.41 Å². The summed E-state index contributed by atoms with van der Waals surface area (Å²) in [6, 6.07) is 0. The first-order valence-corrected chi connectivity index (χ1v) is 6.44. The summed E-state index contributed by atoms with van der Waals surface area (Å²) in [5.74, 6) is 3.74. The second-order valence-electron chi connectivity index (χ2n) is 6.40. The molecule has 4 saturated carbocycles. The topological polar surface area (TPSA) is 35.9 Å². The van der Waals surface area contributed by atoms with Crippen LogP contribution in [0.1, 0.15) is 45.4 Å². The average molecular weight is 206 g/mol. The van der Waals surface area contributed by atoms with E-state index in [0.29, 0.717) is 11.3 Å². The molecule has 0 aliphatic heterocycles. The largest absolute Gasteiger partial charge is 0.374 e. The lowest BCUT2D eigenvalue weighted by molar-refractivity contribution is -0.0491. The summed E-state index contributed by atoms with van der Waals surface area (Å²) in [4.78, 5) is 0. The molecule has 0 radical (unpaired) electrons. The number of nitrogens with one attached hydrogen (secondary N) is 2. The minimum atomic E-state index is 0.580. The first kappa shape index (κ1) is 9.68. The maximum atomic E-state index is 7.49. The van der Waals surface area contributed by atoms with Crippen molar-refractivity contribution in [2.24, 2.45) is 23.2 Å². The molecule has 4 aliphatic rings. The Balaban J connectivity index is 1.72. The van der Waals surface area contributed by atoms with Crippen molar-refractivity contribution in [2.75, 3.05) is 6.54 Å². The first-order chi connectivity index (χ1) is 7.15. The zero-order valence-corrected chi connectivity index (χ0v) is 9.68. The zero-order valence-electron chi connectivity index (χ0n) is 9.68. The van der Waals surface area contributed by atoms with Gasteiger partial charge in [-0.25, -0.2) is 0 Å². The van der Waals surface area contributed by atoms with Crippen LogP contribution in [-0.2, 0) is 0 Å². The van der Waals surface area contributed by atoms with Gasteiger partial charge in [0.05, 0.1) is 5.84 Å². The van der Waals surface area contributed by atoms with E-state index >= 15 is 0 Å². The Morgan fingerprint density at radius 1 is 1.13 bits per heavy atom. The van der Waals surface area contributed by atoms with Crippen LogP contribution in [-0.4, -0.2) is 12.4 Å². The Morgan fingerprint density at radius 3 is 2.00 bits per heavy atom. The third kappa shape index (κ3) is 1.68. The number of hydrogen-bond donors (Lipinski definition) is 2. The van der Waals surface area contributed by atoms with Crippen LogP contribution in [0.25, 0.3) is 0 Å². The molecule has 15 heavy (non-hydrogen) atoms. The summed E-state index contributed by atoms with van der Waals surface area (Å²) >= 11 is 0. The van der Waals surface area contributed by atoms with E-state index in [9.17, 15) is 0 Å². The first-order valence-electron chi connectivity index (χ1n) is 6.44. The van der Waals surface area contributed by atoms with Crippen molar-refractivity contribution >= 4 is 5.84 Å². The molecule has 0 aromatic rings. The fraction of sp³-hybridized carbons (Fsp3) is 0.923. The van der Waals surface area contributed by atoms with Gasteiger partial charge >= 0.3 is 0 Å². The van der Waals surface area contributed by atoms with Gasteiger partial charge in [-0.15, -0.1) is 0 Å². The zero-order chi connectivity index (χ0) is 10.5. The Bertz CT molecular complexity index is 247. The second-order valence-corrected chi connectivity index (χ2v) is 6.40. The molecule has 0 heterocycles. The molecule has 4 rings (SSSR count). The molecule has 4 bridgehead atoms. The van der Waals surface area contributed by atoms with Crippen molar-refractivity contribution in [2.45, 2.75) is 45.4 Å². The summed E-state index contributed by atoms with van der Waals surface area (Å²) in [6.45, 7) is 2.94. The maximum absolute atomic E-state index is 7.49. The second kappa shape index (κ2) is 3.23. The van der Waals surface area contributed by atoms with E-state index in [1.165, 1.54) is 38.5 Å².